The number of methoxy groups -OCH3 is 1. The van der Waals surface area contributed by atoms with Crippen LogP contribution in [-0.4, -0.2) is 57.2 Å². The number of hydrogen-bond acceptors (Lipinski definition) is 4. The number of unbranched alkanes of at least 4 members (excludes halogenated alkanes) is 1. The standard InChI is InChI=1S/C23H31N3O2/c1-19-6-5-7-21(18-19)26-16-14-25(15-17-26)13-4-3-12-24-23(27)20-8-10-22(28-2)11-9-20/h5-11,18H,3-4,12-17H2,1-2H3,(H,24,27). The molecular weight excluding hydrogens is 350 g/mol. The first kappa shape index (κ1) is 20.2. The highest BCUT2D eigenvalue weighted by Crippen LogP contribution is 2.18. The van der Waals surface area contributed by atoms with E-state index < -0.39 is 0 Å². The van der Waals surface area contributed by atoms with Crippen molar-refractivity contribution >= 4 is 11.6 Å². The van der Waals surface area contributed by atoms with Gasteiger partial charge in [0.25, 0.3) is 5.91 Å². The Morgan fingerprint density at radius 3 is 2.46 bits per heavy atom. The summed E-state index contributed by atoms with van der Waals surface area (Å²) in [5.74, 6) is 0.744. The number of piperazine rings is 1. The first-order valence-electron chi connectivity index (χ1n) is 10.1. The van der Waals surface area contributed by atoms with Crippen molar-refractivity contribution in [2.24, 2.45) is 0 Å². The predicted molar refractivity (Wildman–Crippen MR) is 114 cm³/mol. The van der Waals surface area contributed by atoms with Crippen molar-refractivity contribution in [1.29, 1.82) is 0 Å². The largest absolute Gasteiger partial charge is 0.497 e. The van der Waals surface area contributed by atoms with Gasteiger partial charge in [0.2, 0.25) is 0 Å². The van der Waals surface area contributed by atoms with Crippen LogP contribution in [0.2, 0.25) is 0 Å². The van der Waals surface area contributed by atoms with Crippen molar-refractivity contribution in [2.45, 2.75) is 19.8 Å². The van der Waals surface area contributed by atoms with Crippen molar-refractivity contribution < 1.29 is 9.53 Å². The smallest absolute Gasteiger partial charge is 0.251 e. The average Bonchev–Trinajstić information content (AvgIpc) is 2.74. The summed E-state index contributed by atoms with van der Waals surface area (Å²) in [5.41, 5.74) is 3.32. The molecule has 0 unspecified atom stereocenters. The van der Waals surface area contributed by atoms with E-state index in [2.05, 4.69) is 46.3 Å². The zero-order valence-electron chi connectivity index (χ0n) is 17.0. The number of aryl methyl sites for hydroxylation is 1. The molecule has 1 saturated heterocycles. The molecule has 0 aliphatic carbocycles. The van der Waals surface area contributed by atoms with Crippen molar-refractivity contribution in [3.63, 3.8) is 0 Å². The van der Waals surface area contributed by atoms with Crippen molar-refractivity contribution in [3.8, 4) is 5.75 Å². The van der Waals surface area contributed by atoms with Crippen LogP contribution >= 0.6 is 0 Å². The van der Waals surface area contributed by atoms with Gasteiger partial charge in [0.15, 0.2) is 0 Å². The van der Waals surface area contributed by atoms with Crippen LogP contribution in [0.1, 0.15) is 28.8 Å². The number of ether oxygens (including phenoxy) is 1. The monoisotopic (exact) mass is 381 g/mol. The van der Waals surface area contributed by atoms with Gasteiger partial charge in [0.05, 0.1) is 7.11 Å². The summed E-state index contributed by atoms with van der Waals surface area (Å²) >= 11 is 0. The van der Waals surface area contributed by atoms with E-state index in [1.807, 2.05) is 12.1 Å². The molecule has 3 rings (SSSR count). The second-order valence-electron chi connectivity index (χ2n) is 7.36. The third-order valence-corrected chi connectivity index (χ3v) is 5.28. The van der Waals surface area contributed by atoms with E-state index in [1.54, 1.807) is 19.2 Å². The van der Waals surface area contributed by atoms with Gasteiger partial charge < -0.3 is 15.0 Å². The number of carbonyl (C=O) groups is 1. The van der Waals surface area contributed by atoms with Crippen LogP contribution in [0.3, 0.4) is 0 Å². The van der Waals surface area contributed by atoms with Gasteiger partial charge in [0.1, 0.15) is 5.75 Å². The normalized spacial score (nSPS) is 14.7. The number of hydrogen-bond donors (Lipinski definition) is 1. The minimum atomic E-state index is -0.0191. The lowest BCUT2D eigenvalue weighted by Crippen LogP contribution is -2.46. The molecule has 0 spiro atoms. The number of anilines is 1. The summed E-state index contributed by atoms with van der Waals surface area (Å²) in [6.07, 6.45) is 2.10. The zero-order valence-corrected chi connectivity index (χ0v) is 17.0. The second kappa shape index (κ2) is 10.1. The van der Waals surface area contributed by atoms with Crippen LogP contribution in [0.5, 0.6) is 5.75 Å². The Morgan fingerprint density at radius 2 is 1.79 bits per heavy atom. The lowest BCUT2D eigenvalue weighted by Gasteiger charge is -2.36. The van der Waals surface area contributed by atoms with Crippen molar-refractivity contribution in [1.82, 2.24) is 10.2 Å². The molecule has 1 heterocycles. The fourth-order valence-electron chi connectivity index (χ4n) is 3.56. The molecule has 1 amide bonds. The molecule has 1 fully saturated rings. The molecule has 28 heavy (non-hydrogen) atoms. The third kappa shape index (κ3) is 5.73. The van der Waals surface area contributed by atoms with Gasteiger partial charge in [-0.05, 0) is 68.3 Å². The van der Waals surface area contributed by atoms with E-state index >= 15 is 0 Å². The summed E-state index contributed by atoms with van der Waals surface area (Å²) in [6.45, 7) is 8.33. The van der Waals surface area contributed by atoms with Crippen LogP contribution in [0.4, 0.5) is 5.69 Å². The lowest BCUT2D eigenvalue weighted by molar-refractivity contribution is 0.0952. The van der Waals surface area contributed by atoms with Gasteiger partial charge in [-0.3, -0.25) is 9.69 Å². The summed E-state index contributed by atoms with van der Waals surface area (Å²) in [4.78, 5) is 17.1. The second-order valence-corrected chi connectivity index (χ2v) is 7.36. The number of carbonyl (C=O) groups excluding carboxylic acids is 1. The van der Waals surface area contributed by atoms with E-state index in [0.29, 0.717) is 12.1 Å². The van der Waals surface area contributed by atoms with E-state index in [9.17, 15) is 4.79 Å². The molecule has 0 saturated carbocycles. The first-order chi connectivity index (χ1) is 13.7. The van der Waals surface area contributed by atoms with Gasteiger partial charge in [-0.1, -0.05) is 12.1 Å². The molecule has 0 bridgehead atoms. The maximum atomic E-state index is 12.1. The van der Waals surface area contributed by atoms with Gasteiger partial charge in [-0.2, -0.15) is 0 Å². The molecule has 2 aromatic carbocycles. The summed E-state index contributed by atoms with van der Waals surface area (Å²) in [5, 5.41) is 3.00. The summed E-state index contributed by atoms with van der Waals surface area (Å²) in [6, 6.07) is 16.0. The molecule has 1 aliphatic heterocycles. The maximum absolute atomic E-state index is 12.1. The molecule has 1 aliphatic rings. The molecule has 150 valence electrons. The zero-order chi connectivity index (χ0) is 19.8. The molecule has 1 N–H and O–H groups in total. The van der Waals surface area contributed by atoms with Crippen LogP contribution in [-0.2, 0) is 0 Å². The van der Waals surface area contributed by atoms with Crippen LogP contribution in [0.25, 0.3) is 0 Å². The fourth-order valence-corrected chi connectivity index (χ4v) is 3.56. The Kier molecular flexibility index (Phi) is 7.31. The van der Waals surface area contributed by atoms with Gasteiger partial charge in [-0.25, -0.2) is 0 Å². The first-order valence-corrected chi connectivity index (χ1v) is 10.1. The highest BCUT2D eigenvalue weighted by molar-refractivity contribution is 5.94. The molecular formula is C23H31N3O2. The Hall–Kier alpha value is -2.53. The number of nitrogens with zero attached hydrogens (tertiary/aromatic N) is 2. The molecule has 0 atom stereocenters. The maximum Gasteiger partial charge on any atom is 0.251 e. The molecule has 0 aromatic heterocycles. The molecule has 5 heteroatoms. The van der Waals surface area contributed by atoms with E-state index in [-0.39, 0.29) is 5.91 Å². The number of amides is 1. The van der Waals surface area contributed by atoms with Crippen LogP contribution in [0, 0.1) is 6.92 Å². The van der Waals surface area contributed by atoms with Crippen molar-refractivity contribution in [2.75, 3.05) is 51.3 Å². The third-order valence-electron chi connectivity index (χ3n) is 5.28. The van der Waals surface area contributed by atoms with E-state index in [0.717, 1.165) is 51.3 Å². The van der Waals surface area contributed by atoms with Crippen LogP contribution < -0.4 is 15.0 Å². The average molecular weight is 382 g/mol. The highest BCUT2D eigenvalue weighted by atomic mass is 16.5. The Bertz CT molecular complexity index is 753. The van der Waals surface area contributed by atoms with Gasteiger partial charge in [0, 0.05) is 44.0 Å². The van der Waals surface area contributed by atoms with Crippen molar-refractivity contribution in [3.05, 3.63) is 59.7 Å². The Morgan fingerprint density at radius 1 is 1.04 bits per heavy atom. The van der Waals surface area contributed by atoms with Gasteiger partial charge in [-0.15, -0.1) is 0 Å². The lowest BCUT2D eigenvalue weighted by atomic mass is 10.2. The van der Waals surface area contributed by atoms with Gasteiger partial charge >= 0.3 is 0 Å². The number of rotatable bonds is 8. The predicted octanol–water partition coefficient (Wildman–Crippen LogP) is 3.34. The number of nitrogens with one attached hydrogen (secondary N) is 1. The number of benzene rings is 2. The summed E-state index contributed by atoms with van der Waals surface area (Å²) in [7, 11) is 1.62. The molecule has 0 radical (unpaired) electrons. The fraction of sp³-hybridized carbons (Fsp3) is 0.435. The molecule has 2 aromatic rings. The Labute approximate surface area is 168 Å². The van der Waals surface area contributed by atoms with E-state index in [1.165, 1.54) is 11.3 Å². The molecule has 5 nitrogen and oxygen atoms in total. The Balaban J connectivity index is 1.30. The minimum absolute atomic E-state index is 0.0191. The SMILES string of the molecule is COc1ccc(C(=O)NCCCCN2CCN(c3cccc(C)c3)CC2)cc1. The minimum Gasteiger partial charge on any atom is -0.497 e. The van der Waals surface area contributed by atoms with Crippen LogP contribution in [0.15, 0.2) is 48.5 Å². The summed E-state index contributed by atoms with van der Waals surface area (Å²) < 4.78 is 5.12. The quantitative estimate of drug-likeness (QED) is 0.713. The van der Waals surface area contributed by atoms with E-state index in [4.69, 9.17) is 4.74 Å². The highest BCUT2D eigenvalue weighted by Gasteiger charge is 2.16. The topological polar surface area (TPSA) is 44.8 Å².